The van der Waals surface area contributed by atoms with E-state index in [1.807, 2.05) is 0 Å². The van der Waals surface area contributed by atoms with Gasteiger partial charge in [0, 0.05) is 5.41 Å². The van der Waals surface area contributed by atoms with Crippen molar-refractivity contribution in [1.29, 1.82) is 0 Å². The van der Waals surface area contributed by atoms with E-state index in [0.717, 1.165) is 18.7 Å². The van der Waals surface area contributed by atoms with E-state index in [-0.39, 0.29) is 16.9 Å². The van der Waals surface area contributed by atoms with E-state index in [0.29, 0.717) is 11.2 Å². The predicted molar refractivity (Wildman–Crippen MR) is 69.4 cm³/mol. The molecule has 4 N–H and O–H groups in total. The number of H-pyrrole nitrogens is 2. The summed E-state index contributed by atoms with van der Waals surface area (Å²) in [7, 11) is 0. The van der Waals surface area contributed by atoms with Crippen LogP contribution in [0.1, 0.15) is 44.9 Å². The van der Waals surface area contributed by atoms with E-state index in [2.05, 4.69) is 26.9 Å². The van der Waals surface area contributed by atoms with Crippen LogP contribution in [-0.4, -0.2) is 19.9 Å². The highest BCUT2D eigenvalue weighted by Gasteiger charge is 2.32. The molecule has 2 aromatic heterocycles. The van der Waals surface area contributed by atoms with Gasteiger partial charge in [-0.2, -0.15) is 4.98 Å². The van der Waals surface area contributed by atoms with Crippen LogP contribution in [0.5, 0.6) is 0 Å². The first-order valence-electron chi connectivity index (χ1n) is 6.34. The van der Waals surface area contributed by atoms with Gasteiger partial charge in [0.15, 0.2) is 11.2 Å². The van der Waals surface area contributed by atoms with E-state index in [1.54, 1.807) is 0 Å². The van der Waals surface area contributed by atoms with E-state index in [1.165, 1.54) is 19.3 Å². The number of rotatable bonds is 1. The minimum atomic E-state index is -0.254. The first kappa shape index (κ1) is 11.3. The zero-order valence-electron chi connectivity index (χ0n) is 10.4. The number of nitrogens with one attached hydrogen (secondary N) is 2. The van der Waals surface area contributed by atoms with Crippen LogP contribution in [0.15, 0.2) is 4.79 Å². The summed E-state index contributed by atoms with van der Waals surface area (Å²) in [6.45, 7) is 2.20. The Morgan fingerprint density at radius 3 is 2.61 bits per heavy atom. The molecule has 0 bridgehead atoms. The topological polar surface area (TPSA) is 100 Å². The largest absolute Gasteiger partial charge is 0.369 e. The molecule has 3 rings (SSSR count). The smallest absolute Gasteiger partial charge is 0.278 e. The van der Waals surface area contributed by atoms with Gasteiger partial charge in [-0.1, -0.05) is 26.2 Å². The molecule has 0 aliphatic heterocycles. The SMILES string of the molecule is CC1(c2nc3nc(N)[nH]c(=O)c3[nH]2)CCCCC1. The first-order valence-corrected chi connectivity index (χ1v) is 6.34. The van der Waals surface area contributed by atoms with Gasteiger partial charge < -0.3 is 10.7 Å². The van der Waals surface area contributed by atoms with Gasteiger partial charge in [-0.15, -0.1) is 0 Å². The maximum absolute atomic E-state index is 11.8. The quantitative estimate of drug-likeness (QED) is 0.710. The second-order valence-electron chi connectivity index (χ2n) is 5.36. The maximum atomic E-state index is 11.8. The third-order valence-electron chi connectivity index (χ3n) is 3.91. The number of nitrogens with zero attached hydrogens (tertiary/aromatic N) is 2. The van der Waals surface area contributed by atoms with Gasteiger partial charge in [-0.3, -0.25) is 9.78 Å². The molecule has 1 fully saturated rings. The standard InChI is InChI=1S/C12H17N5O/c1-12(5-3-2-4-6-12)10-14-7-8(15-10)16-11(13)17-9(7)18/h2-6H2,1H3,(H4,13,14,15,16,17,18). The minimum absolute atomic E-state index is 0.0279. The number of aromatic amines is 2. The van der Waals surface area contributed by atoms with Gasteiger partial charge in [0.1, 0.15) is 5.82 Å². The van der Waals surface area contributed by atoms with Gasteiger partial charge in [0.25, 0.3) is 5.56 Å². The van der Waals surface area contributed by atoms with E-state index in [9.17, 15) is 4.79 Å². The molecule has 0 aromatic carbocycles. The normalized spacial score (nSPS) is 19.2. The van der Waals surface area contributed by atoms with Crippen LogP contribution in [0.3, 0.4) is 0 Å². The van der Waals surface area contributed by atoms with Gasteiger partial charge in [0.05, 0.1) is 0 Å². The van der Waals surface area contributed by atoms with Crippen LogP contribution in [-0.2, 0) is 5.41 Å². The summed E-state index contributed by atoms with van der Waals surface area (Å²) in [5, 5.41) is 0. The molecule has 1 aliphatic carbocycles. The van der Waals surface area contributed by atoms with Crippen molar-refractivity contribution in [2.24, 2.45) is 0 Å². The van der Waals surface area contributed by atoms with Crippen LogP contribution >= 0.6 is 0 Å². The molecule has 0 radical (unpaired) electrons. The number of nitrogen functional groups attached to an aromatic ring is 1. The molecular formula is C12H17N5O. The second-order valence-corrected chi connectivity index (χ2v) is 5.36. The summed E-state index contributed by atoms with van der Waals surface area (Å²) < 4.78 is 0. The molecule has 6 nitrogen and oxygen atoms in total. The van der Waals surface area contributed by atoms with Crippen LogP contribution in [0.2, 0.25) is 0 Å². The molecule has 2 heterocycles. The monoisotopic (exact) mass is 247 g/mol. The fourth-order valence-corrected chi connectivity index (χ4v) is 2.78. The minimum Gasteiger partial charge on any atom is -0.369 e. The zero-order chi connectivity index (χ0) is 12.8. The van der Waals surface area contributed by atoms with Crippen molar-refractivity contribution in [3.63, 3.8) is 0 Å². The average molecular weight is 247 g/mol. The number of fused-ring (bicyclic) bond motifs is 1. The highest BCUT2D eigenvalue weighted by Crippen LogP contribution is 2.37. The summed E-state index contributed by atoms with van der Waals surface area (Å²) in [5.41, 5.74) is 6.14. The Labute approximate surface area is 104 Å². The molecule has 0 unspecified atom stereocenters. The van der Waals surface area contributed by atoms with Crippen molar-refractivity contribution >= 4 is 17.1 Å². The lowest BCUT2D eigenvalue weighted by molar-refractivity contribution is 0.306. The Bertz CT molecular complexity index is 635. The molecule has 1 aliphatic rings. The lowest BCUT2D eigenvalue weighted by Crippen LogP contribution is -2.26. The highest BCUT2D eigenvalue weighted by atomic mass is 16.1. The average Bonchev–Trinajstić information content (AvgIpc) is 2.74. The molecule has 0 amide bonds. The molecule has 1 saturated carbocycles. The van der Waals surface area contributed by atoms with Gasteiger partial charge >= 0.3 is 0 Å². The Hall–Kier alpha value is -1.85. The first-order chi connectivity index (χ1) is 8.58. The van der Waals surface area contributed by atoms with Crippen molar-refractivity contribution in [3.8, 4) is 0 Å². The number of hydrogen-bond acceptors (Lipinski definition) is 4. The van der Waals surface area contributed by atoms with Gasteiger partial charge in [-0.05, 0) is 12.8 Å². The highest BCUT2D eigenvalue weighted by molar-refractivity contribution is 5.70. The number of aromatic nitrogens is 4. The van der Waals surface area contributed by atoms with Gasteiger partial charge in [0.2, 0.25) is 5.95 Å². The van der Waals surface area contributed by atoms with Crippen LogP contribution in [0, 0.1) is 0 Å². The molecule has 0 saturated heterocycles. The van der Waals surface area contributed by atoms with Crippen molar-refractivity contribution in [1.82, 2.24) is 19.9 Å². The Kier molecular flexibility index (Phi) is 2.39. The molecule has 2 aromatic rings. The third kappa shape index (κ3) is 1.68. The molecule has 96 valence electrons. The predicted octanol–water partition coefficient (Wildman–Crippen LogP) is 1.45. The van der Waals surface area contributed by atoms with Crippen molar-refractivity contribution in [3.05, 3.63) is 16.2 Å². The van der Waals surface area contributed by atoms with Crippen LogP contribution in [0.25, 0.3) is 11.2 Å². The Morgan fingerprint density at radius 2 is 1.89 bits per heavy atom. The Morgan fingerprint density at radius 1 is 1.17 bits per heavy atom. The van der Waals surface area contributed by atoms with E-state index in [4.69, 9.17) is 5.73 Å². The van der Waals surface area contributed by atoms with E-state index >= 15 is 0 Å². The molecule has 0 atom stereocenters. The molecule has 0 spiro atoms. The second kappa shape index (κ2) is 3.83. The third-order valence-corrected chi connectivity index (χ3v) is 3.91. The van der Waals surface area contributed by atoms with E-state index < -0.39 is 0 Å². The fourth-order valence-electron chi connectivity index (χ4n) is 2.78. The van der Waals surface area contributed by atoms with Crippen molar-refractivity contribution < 1.29 is 0 Å². The van der Waals surface area contributed by atoms with Gasteiger partial charge in [-0.25, -0.2) is 4.98 Å². The summed E-state index contributed by atoms with van der Waals surface area (Å²) in [5.74, 6) is 0.972. The molecule has 6 heteroatoms. The fraction of sp³-hybridized carbons (Fsp3) is 0.583. The molecular weight excluding hydrogens is 230 g/mol. The summed E-state index contributed by atoms with van der Waals surface area (Å²) >= 11 is 0. The lowest BCUT2D eigenvalue weighted by Gasteiger charge is -2.31. The van der Waals surface area contributed by atoms with Crippen LogP contribution < -0.4 is 11.3 Å². The number of imidazole rings is 1. The summed E-state index contributed by atoms with van der Waals surface area (Å²) in [6, 6.07) is 0. The van der Waals surface area contributed by atoms with Crippen molar-refractivity contribution in [2.45, 2.75) is 44.4 Å². The summed E-state index contributed by atoms with van der Waals surface area (Å²) in [4.78, 5) is 25.9. The summed E-state index contributed by atoms with van der Waals surface area (Å²) in [6.07, 6.45) is 5.89. The zero-order valence-corrected chi connectivity index (χ0v) is 10.4. The molecule has 18 heavy (non-hydrogen) atoms. The maximum Gasteiger partial charge on any atom is 0.278 e. The van der Waals surface area contributed by atoms with Crippen LogP contribution in [0.4, 0.5) is 5.95 Å². The van der Waals surface area contributed by atoms with Crippen molar-refractivity contribution in [2.75, 3.05) is 5.73 Å². The number of hydrogen-bond donors (Lipinski definition) is 3. The Balaban J connectivity index is 2.13. The number of nitrogens with two attached hydrogens (primary N) is 1. The number of anilines is 1. The lowest BCUT2D eigenvalue weighted by atomic mass is 9.75.